The van der Waals surface area contributed by atoms with Crippen molar-refractivity contribution in [1.29, 1.82) is 0 Å². The van der Waals surface area contributed by atoms with E-state index in [1.165, 1.54) is 24.3 Å². The first-order valence-electron chi connectivity index (χ1n) is 10.9. The summed E-state index contributed by atoms with van der Waals surface area (Å²) >= 11 is 0. The Hall–Kier alpha value is -3.56. The van der Waals surface area contributed by atoms with Gasteiger partial charge in [0, 0.05) is 11.4 Å². The third-order valence-electron chi connectivity index (χ3n) is 6.80. The van der Waals surface area contributed by atoms with Crippen molar-refractivity contribution in [2.75, 3.05) is 0 Å². The zero-order chi connectivity index (χ0) is 24.1. The number of amides is 1. The number of benzene rings is 2. The number of para-hydroxylation sites is 1. The molecule has 2 fully saturated rings. The Kier molecular flexibility index (Phi) is 5.26. The molecule has 2 N–H and O–H groups in total. The van der Waals surface area contributed by atoms with Crippen LogP contribution in [0.2, 0.25) is 0 Å². The van der Waals surface area contributed by atoms with Gasteiger partial charge in [-0.1, -0.05) is 24.3 Å². The minimum absolute atomic E-state index is 0.00931. The number of nitrogens with zero attached hydrogens (tertiary/aromatic N) is 2. The molecular weight excluding hydrogens is 451 g/mol. The van der Waals surface area contributed by atoms with Gasteiger partial charge in [0.2, 0.25) is 0 Å². The first-order valence-corrected chi connectivity index (χ1v) is 10.9. The molecule has 34 heavy (non-hydrogen) atoms. The van der Waals surface area contributed by atoms with Crippen LogP contribution in [0, 0.1) is 11.3 Å². The molecule has 2 saturated carbocycles. The minimum atomic E-state index is -4.75. The third-order valence-corrected chi connectivity index (χ3v) is 6.80. The lowest BCUT2D eigenvalue weighted by Crippen LogP contribution is -2.57. The van der Waals surface area contributed by atoms with Crippen molar-refractivity contribution in [3.8, 4) is 5.75 Å². The third kappa shape index (κ3) is 4.32. The van der Waals surface area contributed by atoms with Gasteiger partial charge >= 0.3 is 12.3 Å². The minimum Gasteiger partial charge on any atom is -0.481 e. The molecular formula is C24H22F3N3O4. The lowest BCUT2D eigenvalue weighted by atomic mass is 9.50. The summed E-state index contributed by atoms with van der Waals surface area (Å²) < 4.78 is 42.7. The standard InChI is InChI=1S/C24H22F3N3O4/c25-24(26,27)34-18-6-4-14(5-7-18)13-30-20-15(12-28-30)2-1-3-19(20)21(31)29-17-10-23(11-17)8-16(9-23)22(32)33/h1-7,12,16-17H,8-11,13H2,(H,29,31)(H,32,33). The molecule has 0 aliphatic heterocycles. The number of fused-ring (bicyclic) bond motifs is 1. The van der Waals surface area contributed by atoms with Crippen molar-refractivity contribution in [2.45, 2.75) is 44.6 Å². The number of carboxylic acid groups (broad SMARTS) is 1. The van der Waals surface area contributed by atoms with E-state index in [0.29, 0.717) is 29.5 Å². The van der Waals surface area contributed by atoms with Gasteiger partial charge in [0.15, 0.2) is 0 Å². The molecule has 0 unspecified atom stereocenters. The highest BCUT2D eigenvalue weighted by molar-refractivity contribution is 6.05. The van der Waals surface area contributed by atoms with Crippen LogP contribution in [0.15, 0.2) is 48.7 Å². The smallest absolute Gasteiger partial charge is 0.481 e. The van der Waals surface area contributed by atoms with Gasteiger partial charge < -0.3 is 15.2 Å². The SMILES string of the molecule is O=C(NC1CC2(C1)CC(C(=O)O)C2)c1cccc2cnn(Cc3ccc(OC(F)(F)F)cc3)c12. The normalized spacial score (nSPS) is 23.9. The van der Waals surface area contributed by atoms with Gasteiger partial charge in [-0.25, -0.2) is 0 Å². The molecule has 178 valence electrons. The zero-order valence-corrected chi connectivity index (χ0v) is 18.0. The van der Waals surface area contributed by atoms with Crippen LogP contribution in [-0.2, 0) is 11.3 Å². The van der Waals surface area contributed by atoms with Crippen molar-refractivity contribution in [3.63, 3.8) is 0 Å². The summed E-state index contributed by atoms with van der Waals surface area (Å²) in [4.78, 5) is 24.1. The number of nitrogens with one attached hydrogen (secondary N) is 1. The molecule has 10 heteroatoms. The van der Waals surface area contributed by atoms with E-state index in [0.717, 1.165) is 18.2 Å². The molecule has 5 rings (SSSR count). The van der Waals surface area contributed by atoms with E-state index >= 15 is 0 Å². The number of alkyl halides is 3. The number of hydrogen-bond acceptors (Lipinski definition) is 4. The monoisotopic (exact) mass is 473 g/mol. The van der Waals surface area contributed by atoms with Crippen molar-refractivity contribution >= 4 is 22.8 Å². The molecule has 1 aromatic heterocycles. The first kappa shape index (κ1) is 22.2. The number of rotatable bonds is 6. The van der Waals surface area contributed by atoms with Crippen LogP contribution in [0.1, 0.15) is 41.6 Å². The summed E-state index contributed by atoms with van der Waals surface area (Å²) in [6, 6.07) is 10.9. The fourth-order valence-electron chi connectivity index (χ4n) is 5.26. The van der Waals surface area contributed by atoms with Crippen molar-refractivity contribution in [1.82, 2.24) is 15.1 Å². The molecule has 1 amide bonds. The van der Waals surface area contributed by atoms with Crippen molar-refractivity contribution in [2.24, 2.45) is 11.3 Å². The maximum atomic E-state index is 13.1. The molecule has 0 radical (unpaired) electrons. The highest BCUT2D eigenvalue weighted by Gasteiger charge is 2.55. The number of hydrogen-bond donors (Lipinski definition) is 2. The van der Waals surface area contributed by atoms with Crippen molar-refractivity contribution in [3.05, 3.63) is 59.8 Å². The molecule has 0 saturated heterocycles. The van der Waals surface area contributed by atoms with E-state index in [9.17, 15) is 22.8 Å². The summed E-state index contributed by atoms with van der Waals surface area (Å²) in [6.07, 6.45) is -0.202. The summed E-state index contributed by atoms with van der Waals surface area (Å²) in [5.41, 5.74) is 1.86. The predicted octanol–water partition coefficient (Wildman–Crippen LogP) is 4.36. The fourth-order valence-corrected chi connectivity index (χ4v) is 5.26. The van der Waals surface area contributed by atoms with E-state index in [1.54, 1.807) is 23.0 Å². The summed E-state index contributed by atoms with van der Waals surface area (Å²) in [6.45, 7) is 0.267. The van der Waals surface area contributed by atoms with E-state index < -0.39 is 12.3 Å². The summed E-state index contributed by atoms with van der Waals surface area (Å²) in [5.74, 6) is -1.55. The molecule has 1 heterocycles. The molecule has 2 aromatic carbocycles. The Morgan fingerprint density at radius 2 is 1.82 bits per heavy atom. The lowest BCUT2D eigenvalue weighted by molar-refractivity contribution is -0.274. The van der Waals surface area contributed by atoms with Crippen LogP contribution in [0.3, 0.4) is 0 Å². The van der Waals surface area contributed by atoms with Gasteiger partial charge in [-0.3, -0.25) is 14.3 Å². The molecule has 7 nitrogen and oxygen atoms in total. The molecule has 2 aliphatic carbocycles. The van der Waals surface area contributed by atoms with Gasteiger partial charge in [0.1, 0.15) is 5.75 Å². The van der Waals surface area contributed by atoms with Crippen LogP contribution in [0.5, 0.6) is 5.75 Å². The Morgan fingerprint density at radius 1 is 1.12 bits per heavy atom. The summed E-state index contributed by atoms with van der Waals surface area (Å²) in [5, 5.41) is 17.3. The van der Waals surface area contributed by atoms with Crippen LogP contribution in [-0.4, -0.2) is 39.2 Å². The largest absolute Gasteiger partial charge is 0.573 e. The molecule has 2 aliphatic rings. The van der Waals surface area contributed by atoms with Crippen molar-refractivity contribution < 1.29 is 32.6 Å². The Labute approximate surface area is 192 Å². The molecule has 0 atom stereocenters. The average molecular weight is 473 g/mol. The highest BCUT2D eigenvalue weighted by Crippen LogP contribution is 2.58. The van der Waals surface area contributed by atoms with E-state index in [2.05, 4.69) is 15.2 Å². The van der Waals surface area contributed by atoms with Crippen LogP contribution in [0.4, 0.5) is 13.2 Å². The number of carboxylic acids is 1. The second-order valence-corrected chi connectivity index (χ2v) is 9.26. The summed E-state index contributed by atoms with van der Waals surface area (Å²) in [7, 11) is 0. The van der Waals surface area contributed by atoms with Crippen LogP contribution in [0.25, 0.3) is 10.9 Å². The predicted molar refractivity (Wildman–Crippen MR) is 115 cm³/mol. The van der Waals surface area contributed by atoms with Gasteiger partial charge in [-0.2, -0.15) is 5.10 Å². The topological polar surface area (TPSA) is 93.5 Å². The van der Waals surface area contributed by atoms with Crippen LogP contribution >= 0.6 is 0 Å². The quantitative estimate of drug-likeness (QED) is 0.555. The average Bonchev–Trinajstić information content (AvgIpc) is 3.11. The van der Waals surface area contributed by atoms with Gasteiger partial charge in [0.05, 0.1) is 29.7 Å². The highest BCUT2D eigenvalue weighted by atomic mass is 19.4. The zero-order valence-electron chi connectivity index (χ0n) is 18.0. The van der Waals surface area contributed by atoms with E-state index in [-0.39, 0.29) is 35.6 Å². The number of aliphatic carboxylic acids is 1. The van der Waals surface area contributed by atoms with E-state index in [4.69, 9.17) is 5.11 Å². The van der Waals surface area contributed by atoms with Gasteiger partial charge in [-0.05, 0) is 54.9 Å². The second kappa shape index (κ2) is 8.03. The maximum absolute atomic E-state index is 13.1. The van der Waals surface area contributed by atoms with E-state index in [1.807, 2.05) is 6.07 Å². The van der Waals surface area contributed by atoms with Gasteiger partial charge in [0.25, 0.3) is 5.91 Å². The number of aromatic nitrogens is 2. The maximum Gasteiger partial charge on any atom is 0.573 e. The Bertz CT molecular complexity index is 1240. The second-order valence-electron chi connectivity index (χ2n) is 9.26. The molecule has 1 spiro atoms. The number of ether oxygens (including phenoxy) is 1. The first-order chi connectivity index (χ1) is 16.1. The number of carbonyl (C=O) groups is 2. The molecule has 3 aromatic rings. The number of carbonyl (C=O) groups excluding carboxylic acids is 1. The Morgan fingerprint density at radius 3 is 2.47 bits per heavy atom. The lowest BCUT2D eigenvalue weighted by Gasteiger charge is -2.56. The molecule has 0 bridgehead atoms. The van der Waals surface area contributed by atoms with Gasteiger partial charge in [-0.15, -0.1) is 13.2 Å². The fraction of sp³-hybridized carbons (Fsp3) is 0.375. The Balaban J connectivity index is 1.28. The number of halogens is 3. The van der Waals surface area contributed by atoms with Crippen LogP contribution < -0.4 is 10.1 Å².